The lowest BCUT2D eigenvalue weighted by atomic mass is 9.79. The summed E-state index contributed by atoms with van der Waals surface area (Å²) in [6.45, 7) is 13.9. The number of piperidine rings is 1. The van der Waals surface area contributed by atoms with E-state index in [1.165, 1.54) is 22.4 Å². The van der Waals surface area contributed by atoms with Gasteiger partial charge in [0.1, 0.15) is 5.60 Å². The molecule has 4 rings (SSSR count). The third-order valence-corrected chi connectivity index (χ3v) is 7.11. The van der Waals surface area contributed by atoms with Crippen LogP contribution in [0.2, 0.25) is 0 Å². The van der Waals surface area contributed by atoms with Gasteiger partial charge in [0.25, 0.3) is 0 Å². The Bertz CT molecular complexity index is 1040. The third-order valence-electron chi connectivity index (χ3n) is 7.11. The molecule has 188 valence electrons. The van der Waals surface area contributed by atoms with E-state index in [1.54, 1.807) is 4.90 Å². The Hall–Kier alpha value is -3.02. The van der Waals surface area contributed by atoms with Gasteiger partial charge in [-0.15, -0.1) is 0 Å². The quantitative estimate of drug-likeness (QED) is 0.625. The minimum absolute atomic E-state index is 0.0967. The maximum atomic E-state index is 13.9. The topological polar surface area (TPSA) is 53.1 Å². The van der Waals surface area contributed by atoms with Gasteiger partial charge in [-0.25, -0.2) is 4.79 Å². The summed E-state index contributed by atoms with van der Waals surface area (Å²) in [5.74, 6) is -0.0296. The second-order valence-electron chi connectivity index (χ2n) is 10.9. The number of hydrogen-bond acceptors (Lipinski definition) is 4. The molecule has 2 aliphatic rings. The van der Waals surface area contributed by atoms with E-state index in [0.717, 1.165) is 19.5 Å². The van der Waals surface area contributed by atoms with Crippen molar-refractivity contribution in [1.29, 1.82) is 0 Å². The predicted molar refractivity (Wildman–Crippen MR) is 140 cm³/mol. The van der Waals surface area contributed by atoms with Crippen LogP contribution in [0.1, 0.15) is 49.8 Å². The summed E-state index contributed by atoms with van der Waals surface area (Å²) in [6, 6.07) is 16.8. The fraction of sp³-hybridized carbons (Fsp3) is 0.517. The van der Waals surface area contributed by atoms with E-state index in [0.29, 0.717) is 26.2 Å². The highest BCUT2D eigenvalue weighted by molar-refractivity contribution is 5.82. The minimum atomic E-state index is -0.558. The molecule has 0 N–H and O–H groups in total. The number of nitrogens with zero attached hydrogens (tertiary/aromatic N) is 3. The SMILES string of the molecule is Cc1ccc(C)c(N2CCN(C(=O)[C@H]3CN(C(=O)OC(C)(C)C)CC[C@H]3c3ccccc3)CC2)c1. The van der Waals surface area contributed by atoms with Crippen molar-refractivity contribution in [3.8, 4) is 0 Å². The van der Waals surface area contributed by atoms with Crippen LogP contribution in [0.25, 0.3) is 0 Å². The first kappa shape index (κ1) is 25.1. The van der Waals surface area contributed by atoms with Crippen molar-refractivity contribution in [3.05, 3.63) is 65.2 Å². The number of aryl methyl sites for hydroxylation is 2. The molecule has 2 saturated heterocycles. The molecule has 0 aliphatic carbocycles. The largest absolute Gasteiger partial charge is 0.444 e. The molecule has 0 radical (unpaired) electrons. The van der Waals surface area contributed by atoms with Gasteiger partial charge in [0.15, 0.2) is 0 Å². The van der Waals surface area contributed by atoms with Gasteiger partial charge in [-0.1, -0.05) is 42.5 Å². The van der Waals surface area contributed by atoms with E-state index >= 15 is 0 Å². The number of rotatable bonds is 3. The fourth-order valence-electron chi connectivity index (χ4n) is 5.26. The van der Waals surface area contributed by atoms with E-state index in [9.17, 15) is 9.59 Å². The first-order chi connectivity index (χ1) is 16.6. The molecule has 35 heavy (non-hydrogen) atoms. The first-order valence-corrected chi connectivity index (χ1v) is 12.8. The van der Waals surface area contributed by atoms with Crippen LogP contribution < -0.4 is 4.90 Å². The summed E-state index contributed by atoms with van der Waals surface area (Å²) in [4.78, 5) is 32.8. The lowest BCUT2D eigenvalue weighted by Crippen LogP contribution is -2.55. The Kier molecular flexibility index (Phi) is 7.39. The number of amides is 2. The zero-order valence-electron chi connectivity index (χ0n) is 21.8. The Morgan fingerprint density at radius 3 is 2.23 bits per heavy atom. The van der Waals surface area contributed by atoms with Gasteiger partial charge >= 0.3 is 6.09 Å². The van der Waals surface area contributed by atoms with E-state index in [1.807, 2.05) is 43.9 Å². The highest BCUT2D eigenvalue weighted by Gasteiger charge is 2.40. The molecule has 2 aromatic rings. The normalized spacial score (nSPS) is 21.1. The highest BCUT2D eigenvalue weighted by Crippen LogP contribution is 2.35. The van der Waals surface area contributed by atoms with Gasteiger partial charge in [-0.05, 0) is 69.7 Å². The van der Waals surface area contributed by atoms with Gasteiger partial charge in [0.05, 0.1) is 5.92 Å². The number of likely N-dealkylation sites (tertiary alicyclic amines) is 1. The lowest BCUT2D eigenvalue weighted by molar-refractivity contribution is -0.138. The lowest BCUT2D eigenvalue weighted by Gasteiger charge is -2.43. The molecule has 2 aromatic carbocycles. The van der Waals surface area contributed by atoms with E-state index < -0.39 is 5.60 Å². The van der Waals surface area contributed by atoms with Crippen LogP contribution >= 0.6 is 0 Å². The van der Waals surface area contributed by atoms with Crippen molar-refractivity contribution in [1.82, 2.24) is 9.80 Å². The predicted octanol–water partition coefficient (Wildman–Crippen LogP) is 4.99. The molecule has 0 saturated carbocycles. The van der Waals surface area contributed by atoms with Crippen molar-refractivity contribution in [2.45, 2.75) is 52.6 Å². The summed E-state index contributed by atoms with van der Waals surface area (Å²) in [7, 11) is 0. The number of carbonyl (C=O) groups is 2. The van der Waals surface area contributed by atoms with Crippen molar-refractivity contribution >= 4 is 17.7 Å². The standard InChI is InChI=1S/C29H39N3O3/c1-21-11-12-22(2)26(19-21)30-15-17-31(18-16-30)27(33)25-20-32(28(34)35-29(3,4)5)14-13-24(25)23-9-7-6-8-10-23/h6-12,19,24-25H,13-18,20H2,1-5H3/t24-,25-/m0/s1. The third kappa shape index (κ3) is 5.98. The number of carbonyl (C=O) groups excluding carboxylic acids is 2. The van der Waals surface area contributed by atoms with Gasteiger partial charge in [0, 0.05) is 45.0 Å². The van der Waals surface area contributed by atoms with Crippen LogP contribution in [0.3, 0.4) is 0 Å². The maximum absolute atomic E-state index is 13.9. The molecule has 0 aromatic heterocycles. The molecular weight excluding hydrogens is 438 g/mol. The number of benzene rings is 2. The van der Waals surface area contributed by atoms with Gasteiger partial charge < -0.3 is 19.4 Å². The zero-order valence-corrected chi connectivity index (χ0v) is 21.8. The van der Waals surface area contributed by atoms with Crippen molar-refractivity contribution < 1.29 is 14.3 Å². The van der Waals surface area contributed by atoms with Crippen LogP contribution in [0.5, 0.6) is 0 Å². The minimum Gasteiger partial charge on any atom is -0.444 e. The summed E-state index contributed by atoms with van der Waals surface area (Å²) < 4.78 is 5.63. The maximum Gasteiger partial charge on any atom is 0.410 e. The van der Waals surface area contributed by atoms with Crippen LogP contribution in [-0.2, 0) is 9.53 Å². The molecule has 2 amide bonds. The molecule has 0 unspecified atom stereocenters. The molecule has 2 fully saturated rings. The monoisotopic (exact) mass is 477 g/mol. The Morgan fingerprint density at radius 2 is 1.57 bits per heavy atom. The van der Waals surface area contributed by atoms with Crippen molar-refractivity contribution in [2.24, 2.45) is 5.92 Å². The molecule has 6 heteroatoms. The summed E-state index contributed by atoms with van der Waals surface area (Å²) in [5.41, 5.74) is 4.38. The average Bonchev–Trinajstić information content (AvgIpc) is 2.84. The molecule has 2 atom stereocenters. The molecule has 2 aliphatic heterocycles. The number of anilines is 1. The summed E-state index contributed by atoms with van der Waals surface area (Å²) >= 11 is 0. The van der Waals surface area contributed by atoms with Crippen LogP contribution in [0, 0.1) is 19.8 Å². The Morgan fingerprint density at radius 1 is 0.886 bits per heavy atom. The molecule has 6 nitrogen and oxygen atoms in total. The fourth-order valence-corrected chi connectivity index (χ4v) is 5.26. The molecule has 2 heterocycles. The zero-order chi connectivity index (χ0) is 25.2. The highest BCUT2D eigenvalue weighted by atomic mass is 16.6. The second-order valence-corrected chi connectivity index (χ2v) is 10.9. The van der Waals surface area contributed by atoms with Gasteiger partial charge in [-0.2, -0.15) is 0 Å². The molecule has 0 bridgehead atoms. The average molecular weight is 478 g/mol. The molecule has 0 spiro atoms. The van der Waals surface area contributed by atoms with Crippen molar-refractivity contribution in [3.63, 3.8) is 0 Å². The van der Waals surface area contributed by atoms with E-state index in [2.05, 4.69) is 49.1 Å². The van der Waals surface area contributed by atoms with E-state index in [4.69, 9.17) is 4.74 Å². The Balaban J connectivity index is 1.49. The number of hydrogen-bond donors (Lipinski definition) is 0. The summed E-state index contributed by atoms with van der Waals surface area (Å²) in [6.07, 6.45) is 0.420. The van der Waals surface area contributed by atoms with E-state index in [-0.39, 0.29) is 23.8 Å². The Labute approximate surface area is 209 Å². The number of ether oxygens (including phenoxy) is 1. The second kappa shape index (κ2) is 10.3. The first-order valence-electron chi connectivity index (χ1n) is 12.8. The van der Waals surface area contributed by atoms with Crippen LogP contribution in [0.4, 0.5) is 10.5 Å². The molecular formula is C29H39N3O3. The smallest absolute Gasteiger partial charge is 0.410 e. The van der Waals surface area contributed by atoms with Gasteiger partial charge in [-0.3, -0.25) is 4.79 Å². The van der Waals surface area contributed by atoms with Gasteiger partial charge in [0.2, 0.25) is 5.91 Å². The van der Waals surface area contributed by atoms with Crippen molar-refractivity contribution in [2.75, 3.05) is 44.2 Å². The summed E-state index contributed by atoms with van der Waals surface area (Å²) in [5, 5.41) is 0. The van der Waals surface area contributed by atoms with Crippen LogP contribution in [0.15, 0.2) is 48.5 Å². The number of piperazine rings is 1. The van der Waals surface area contributed by atoms with Crippen LogP contribution in [-0.4, -0.2) is 66.7 Å².